The molecule has 3 aromatic rings. The number of aliphatic imine (C=N–C) groups is 1. The number of H-pyrrole nitrogens is 1. The van der Waals surface area contributed by atoms with E-state index in [1.807, 2.05) is 19.1 Å². The van der Waals surface area contributed by atoms with Crippen molar-refractivity contribution in [2.24, 2.45) is 10.9 Å². The van der Waals surface area contributed by atoms with Crippen LogP contribution in [0.4, 0.5) is 14.9 Å². The molecule has 3 amide bonds. The molecular weight excluding hydrogens is 373 g/mol. The normalized spacial score (nSPS) is 19.0. The van der Waals surface area contributed by atoms with Crippen molar-refractivity contribution >= 4 is 34.2 Å². The number of carbonyl (C=O) groups excluding carboxylic acids is 2. The third kappa shape index (κ3) is 3.87. The van der Waals surface area contributed by atoms with Crippen molar-refractivity contribution in [1.82, 2.24) is 15.5 Å². The molecule has 2 heterocycles. The minimum Gasteiger partial charge on any atom is -0.328 e. The number of nitrogens with zero attached hydrogens (tertiary/aromatic N) is 2. The SMILES string of the molecule is CCCC1=NC(=O)NC(c2ccc(F)cc2)C1C(=O)Nc1ccc2[nH]ncc2c1. The van der Waals surface area contributed by atoms with Crippen LogP contribution in [0.15, 0.2) is 53.7 Å². The predicted molar refractivity (Wildman–Crippen MR) is 108 cm³/mol. The molecule has 0 spiro atoms. The molecule has 1 aliphatic heterocycles. The van der Waals surface area contributed by atoms with E-state index in [1.165, 1.54) is 12.1 Å². The number of aromatic amines is 1. The van der Waals surface area contributed by atoms with Gasteiger partial charge in [0.15, 0.2) is 0 Å². The molecule has 0 radical (unpaired) electrons. The molecule has 0 aliphatic carbocycles. The van der Waals surface area contributed by atoms with Crippen LogP contribution in [0.5, 0.6) is 0 Å². The van der Waals surface area contributed by atoms with E-state index in [0.29, 0.717) is 23.4 Å². The molecule has 7 nitrogen and oxygen atoms in total. The summed E-state index contributed by atoms with van der Waals surface area (Å²) in [5, 5.41) is 13.4. The van der Waals surface area contributed by atoms with Crippen molar-refractivity contribution in [2.45, 2.75) is 25.8 Å². The summed E-state index contributed by atoms with van der Waals surface area (Å²) in [6, 6.07) is 10.1. The van der Waals surface area contributed by atoms with Gasteiger partial charge in [-0.15, -0.1) is 0 Å². The maximum absolute atomic E-state index is 13.4. The average molecular weight is 393 g/mol. The van der Waals surface area contributed by atoms with Crippen LogP contribution >= 0.6 is 0 Å². The van der Waals surface area contributed by atoms with E-state index in [0.717, 1.165) is 17.3 Å². The number of urea groups is 1. The molecule has 0 saturated carbocycles. The van der Waals surface area contributed by atoms with Gasteiger partial charge in [0, 0.05) is 16.8 Å². The van der Waals surface area contributed by atoms with Crippen LogP contribution in [0.1, 0.15) is 31.4 Å². The highest BCUT2D eigenvalue weighted by molar-refractivity contribution is 6.14. The summed E-state index contributed by atoms with van der Waals surface area (Å²) in [7, 11) is 0. The smallest absolute Gasteiger partial charge is 0.328 e. The maximum Gasteiger partial charge on any atom is 0.341 e. The lowest BCUT2D eigenvalue weighted by molar-refractivity contribution is -0.118. The van der Waals surface area contributed by atoms with Gasteiger partial charge in [-0.25, -0.2) is 14.2 Å². The molecule has 2 aromatic carbocycles. The second-order valence-electron chi connectivity index (χ2n) is 6.97. The first-order chi connectivity index (χ1) is 14.0. The van der Waals surface area contributed by atoms with Crippen LogP contribution in [-0.2, 0) is 4.79 Å². The van der Waals surface area contributed by atoms with Gasteiger partial charge in [-0.1, -0.05) is 25.5 Å². The Balaban J connectivity index is 1.67. The van der Waals surface area contributed by atoms with E-state index in [4.69, 9.17) is 0 Å². The summed E-state index contributed by atoms with van der Waals surface area (Å²) in [6.07, 6.45) is 2.94. The fourth-order valence-electron chi connectivity index (χ4n) is 3.60. The van der Waals surface area contributed by atoms with Gasteiger partial charge in [-0.3, -0.25) is 9.89 Å². The van der Waals surface area contributed by atoms with Crippen molar-refractivity contribution in [3.63, 3.8) is 0 Å². The quantitative estimate of drug-likeness (QED) is 0.612. The summed E-state index contributed by atoms with van der Waals surface area (Å²) in [6.45, 7) is 1.96. The van der Waals surface area contributed by atoms with E-state index in [9.17, 15) is 14.0 Å². The molecule has 2 atom stereocenters. The lowest BCUT2D eigenvalue weighted by Gasteiger charge is -2.31. The van der Waals surface area contributed by atoms with Crippen LogP contribution in [0.2, 0.25) is 0 Å². The molecular formula is C21H20FN5O2. The number of rotatable bonds is 5. The van der Waals surface area contributed by atoms with Crippen LogP contribution < -0.4 is 10.6 Å². The highest BCUT2D eigenvalue weighted by Crippen LogP contribution is 2.30. The number of halogens is 1. The standard InChI is InChI=1S/C21H20FN5O2/c1-2-3-17-18(19(26-21(29)25-17)12-4-6-14(22)7-5-12)20(28)24-15-8-9-16-13(10-15)11-23-27-16/h4-11,18-19H,2-3H2,1H3,(H,23,27)(H,24,28)(H,26,29). The maximum atomic E-state index is 13.4. The lowest BCUT2D eigenvalue weighted by Crippen LogP contribution is -2.46. The Morgan fingerprint density at radius 3 is 2.76 bits per heavy atom. The topological polar surface area (TPSA) is 99.2 Å². The van der Waals surface area contributed by atoms with Gasteiger partial charge < -0.3 is 10.6 Å². The van der Waals surface area contributed by atoms with Gasteiger partial charge in [-0.2, -0.15) is 5.10 Å². The Bertz CT molecular complexity index is 1090. The summed E-state index contributed by atoms with van der Waals surface area (Å²) in [5.41, 5.74) is 2.65. The van der Waals surface area contributed by atoms with Crippen molar-refractivity contribution in [3.05, 3.63) is 60.0 Å². The van der Waals surface area contributed by atoms with Crippen LogP contribution in [0.3, 0.4) is 0 Å². The van der Waals surface area contributed by atoms with Gasteiger partial charge >= 0.3 is 6.03 Å². The molecule has 0 fully saturated rings. The summed E-state index contributed by atoms with van der Waals surface area (Å²) >= 11 is 0. The van der Waals surface area contributed by atoms with Crippen molar-refractivity contribution < 1.29 is 14.0 Å². The Morgan fingerprint density at radius 1 is 1.21 bits per heavy atom. The van der Waals surface area contributed by atoms with E-state index in [-0.39, 0.29) is 11.7 Å². The number of hydrogen-bond acceptors (Lipinski definition) is 3. The zero-order chi connectivity index (χ0) is 20.4. The molecule has 148 valence electrons. The fraction of sp³-hybridized carbons (Fsp3) is 0.238. The molecule has 0 saturated heterocycles. The van der Waals surface area contributed by atoms with Crippen LogP contribution in [-0.4, -0.2) is 27.8 Å². The number of carbonyl (C=O) groups is 2. The molecule has 4 rings (SSSR count). The zero-order valence-electron chi connectivity index (χ0n) is 15.8. The first kappa shape index (κ1) is 18.8. The minimum absolute atomic E-state index is 0.283. The third-order valence-corrected chi connectivity index (χ3v) is 4.94. The van der Waals surface area contributed by atoms with Gasteiger partial charge in [0.05, 0.1) is 17.8 Å². The molecule has 1 aromatic heterocycles. The number of nitrogens with one attached hydrogen (secondary N) is 3. The summed E-state index contributed by atoms with van der Waals surface area (Å²) in [4.78, 5) is 29.4. The number of aromatic nitrogens is 2. The number of hydrogen-bond donors (Lipinski definition) is 3. The second kappa shape index (κ2) is 7.83. The number of fused-ring (bicyclic) bond motifs is 1. The molecule has 8 heteroatoms. The third-order valence-electron chi connectivity index (χ3n) is 4.94. The Labute approximate surface area is 166 Å². The molecule has 29 heavy (non-hydrogen) atoms. The summed E-state index contributed by atoms with van der Waals surface area (Å²) < 4.78 is 13.4. The largest absolute Gasteiger partial charge is 0.341 e. The zero-order valence-corrected chi connectivity index (χ0v) is 15.8. The number of benzene rings is 2. The highest BCUT2D eigenvalue weighted by atomic mass is 19.1. The van der Waals surface area contributed by atoms with Crippen LogP contribution in [0, 0.1) is 11.7 Å². The van der Waals surface area contributed by atoms with E-state index >= 15 is 0 Å². The second-order valence-corrected chi connectivity index (χ2v) is 6.97. The number of anilines is 1. The van der Waals surface area contributed by atoms with Crippen molar-refractivity contribution in [1.29, 1.82) is 0 Å². The Hall–Kier alpha value is -3.55. The van der Waals surface area contributed by atoms with Crippen molar-refractivity contribution in [3.8, 4) is 0 Å². The Morgan fingerprint density at radius 2 is 2.00 bits per heavy atom. The molecule has 3 N–H and O–H groups in total. The average Bonchev–Trinajstić information content (AvgIpc) is 3.16. The van der Waals surface area contributed by atoms with E-state index < -0.39 is 18.0 Å². The summed E-state index contributed by atoms with van der Waals surface area (Å²) in [5.74, 6) is -1.36. The fourth-order valence-corrected chi connectivity index (χ4v) is 3.60. The first-order valence-electron chi connectivity index (χ1n) is 9.42. The Kier molecular flexibility index (Phi) is 5.07. The van der Waals surface area contributed by atoms with Crippen molar-refractivity contribution in [2.75, 3.05) is 5.32 Å². The predicted octanol–water partition coefficient (Wildman–Crippen LogP) is 3.96. The molecule has 0 bridgehead atoms. The monoisotopic (exact) mass is 393 g/mol. The minimum atomic E-state index is -0.696. The highest BCUT2D eigenvalue weighted by Gasteiger charge is 2.38. The van der Waals surface area contributed by atoms with E-state index in [1.54, 1.807) is 24.4 Å². The van der Waals surface area contributed by atoms with Gasteiger partial charge in [0.2, 0.25) is 5.91 Å². The lowest BCUT2D eigenvalue weighted by atomic mass is 9.85. The molecule has 1 aliphatic rings. The van der Waals surface area contributed by atoms with Gasteiger partial charge in [-0.05, 0) is 42.3 Å². The van der Waals surface area contributed by atoms with E-state index in [2.05, 4.69) is 25.8 Å². The number of amides is 3. The first-order valence-corrected chi connectivity index (χ1v) is 9.42. The van der Waals surface area contributed by atoms with Gasteiger partial charge in [0.25, 0.3) is 0 Å². The molecule has 2 unspecified atom stereocenters. The van der Waals surface area contributed by atoms with Crippen LogP contribution in [0.25, 0.3) is 10.9 Å². The van der Waals surface area contributed by atoms with Gasteiger partial charge in [0.1, 0.15) is 11.7 Å².